The number of hydrogen-bond acceptors (Lipinski definition) is 3. The van der Waals surface area contributed by atoms with E-state index in [1.807, 2.05) is 0 Å². The molecule has 0 aliphatic carbocycles. The van der Waals surface area contributed by atoms with E-state index in [-0.39, 0.29) is 43.4 Å². The van der Waals surface area contributed by atoms with Crippen molar-refractivity contribution in [1.29, 1.82) is 0 Å². The summed E-state index contributed by atoms with van der Waals surface area (Å²) in [7, 11) is 0. The van der Waals surface area contributed by atoms with Gasteiger partial charge in [-0.3, -0.25) is 14.3 Å². The second kappa shape index (κ2) is 7.19. The number of aromatic nitrogens is 2. The molecule has 1 aromatic carbocycles. The van der Waals surface area contributed by atoms with Crippen LogP contribution in [0.3, 0.4) is 0 Å². The molecule has 6 nitrogen and oxygen atoms in total. The van der Waals surface area contributed by atoms with E-state index in [4.69, 9.17) is 0 Å². The Hall–Kier alpha value is -2.84. The molecule has 26 heavy (non-hydrogen) atoms. The third kappa shape index (κ3) is 4.22. The number of carbonyl (C=O) groups is 2. The van der Waals surface area contributed by atoms with E-state index in [1.165, 1.54) is 27.8 Å². The minimum absolute atomic E-state index is 0.0224. The van der Waals surface area contributed by atoms with Gasteiger partial charge in [-0.1, -0.05) is 18.2 Å². The fourth-order valence-corrected chi connectivity index (χ4v) is 2.98. The molecular formula is C17H17F3N4O2. The third-order valence-electron chi connectivity index (χ3n) is 4.13. The van der Waals surface area contributed by atoms with Gasteiger partial charge in [-0.15, -0.1) is 0 Å². The first kappa shape index (κ1) is 18.0. The Kier molecular flexibility index (Phi) is 4.97. The van der Waals surface area contributed by atoms with Crippen molar-refractivity contribution in [2.24, 2.45) is 0 Å². The molecule has 1 atom stereocenters. The Bertz CT molecular complexity index is 790. The molecule has 1 aromatic heterocycles. The van der Waals surface area contributed by atoms with Crippen LogP contribution in [0.25, 0.3) is 0 Å². The molecule has 0 saturated carbocycles. The monoisotopic (exact) mass is 366 g/mol. The summed E-state index contributed by atoms with van der Waals surface area (Å²) in [5.41, 5.74) is -0.712. The van der Waals surface area contributed by atoms with Crippen LogP contribution in [-0.4, -0.2) is 39.1 Å². The number of rotatable bonds is 5. The van der Waals surface area contributed by atoms with Crippen molar-refractivity contribution in [1.82, 2.24) is 20.0 Å². The van der Waals surface area contributed by atoms with Gasteiger partial charge in [0.1, 0.15) is 6.54 Å². The zero-order valence-electron chi connectivity index (χ0n) is 13.7. The molecule has 2 heterocycles. The van der Waals surface area contributed by atoms with Crippen LogP contribution in [0.1, 0.15) is 17.5 Å². The number of benzene rings is 1. The lowest BCUT2D eigenvalue weighted by atomic mass is 10.1. The van der Waals surface area contributed by atoms with Gasteiger partial charge in [0.15, 0.2) is 0 Å². The number of nitrogens with one attached hydrogen (secondary N) is 1. The van der Waals surface area contributed by atoms with Crippen molar-refractivity contribution in [3.63, 3.8) is 0 Å². The van der Waals surface area contributed by atoms with E-state index in [0.29, 0.717) is 0 Å². The fourth-order valence-electron chi connectivity index (χ4n) is 2.98. The molecular weight excluding hydrogens is 349 g/mol. The standard InChI is InChI=1S/C17H17F3N4O2/c18-17(19,20)14-5-2-1-4-12(14)9-23-10-13(8-16(23)26)22-15(25)11-24-7-3-6-21-24/h1-7,13H,8-11H2,(H,22,25)/t13-/m0/s1. The number of nitrogens with zero attached hydrogens (tertiary/aromatic N) is 3. The highest BCUT2D eigenvalue weighted by Gasteiger charge is 2.35. The van der Waals surface area contributed by atoms with Gasteiger partial charge in [-0.25, -0.2) is 0 Å². The van der Waals surface area contributed by atoms with Crippen LogP contribution in [-0.2, 0) is 28.9 Å². The normalized spacial score (nSPS) is 17.6. The van der Waals surface area contributed by atoms with E-state index < -0.39 is 17.8 Å². The van der Waals surface area contributed by atoms with Gasteiger partial charge in [0.25, 0.3) is 0 Å². The average molecular weight is 366 g/mol. The zero-order valence-corrected chi connectivity index (χ0v) is 13.7. The minimum atomic E-state index is -4.48. The van der Waals surface area contributed by atoms with Crippen LogP contribution in [0.15, 0.2) is 42.7 Å². The van der Waals surface area contributed by atoms with Gasteiger partial charge < -0.3 is 10.2 Å². The van der Waals surface area contributed by atoms with Crippen molar-refractivity contribution >= 4 is 11.8 Å². The summed E-state index contributed by atoms with van der Waals surface area (Å²) in [6.45, 7) is 0.0600. The summed E-state index contributed by atoms with van der Waals surface area (Å²) in [6.07, 6.45) is -1.22. The first-order chi connectivity index (χ1) is 12.3. The van der Waals surface area contributed by atoms with Crippen LogP contribution in [0.2, 0.25) is 0 Å². The summed E-state index contributed by atoms with van der Waals surface area (Å²) < 4.78 is 40.7. The number of carbonyl (C=O) groups excluding carboxylic acids is 2. The van der Waals surface area contributed by atoms with Crippen molar-refractivity contribution in [3.05, 3.63) is 53.9 Å². The Morgan fingerprint density at radius 3 is 2.73 bits per heavy atom. The Morgan fingerprint density at radius 1 is 1.27 bits per heavy atom. The number of halogens is 3. The largest absolute Gasteiger partial charge is 0.416 e. The Morgan fingerprint density at radius 2 is 2.04 bits per heavy atom. The van der Waals surface area contributed by atoms with E-state index in [0.717, 1.165) is 6.07 Å². The maximum atomic E-state index is 13.1. The zero-order chi connectivity index (χ0) is 18.7. The van der Waals surface area contributed by atoms with Gasteiger partial charge in [-0.05, 0) is 17.7 Å². The first-order valence-electron chi connectivity index (χ1n) is 8.02. The van der Waals surface area contributed by atoms with Crippen LogP contribution in [0, 0.1) is 0 Å². The van der Waals surface area contributed by atoms with Gasteiger partial charge >= 0.3 is 6.18 Å². The molecule has 0 bridgehead atoms. The van der Waals surface area contributed by atoms with Crippen molar-refractivity contribution < 1.29 is 22.8 Å². The van der Waals surface area contributed by atoms with Crippen molar-refractivity contribution in [2.75, 3.05) is 6.54 Å². The molecule has 138 valence electrons. The number of alkyl halides is 3. The second-order valence-corrected chi connectivity index (χ2v) is 6.10. The molecule has 9 heteroatoms. The maximum absolute atomic E-state index is 13.1. The quantitative estimate of drug-likeness (QED) is 0.878. The molecule has 2 aromatic rings. The number of hydrogen-bond donors (Lipinski definition) is 1. The van der Waals surface area contributed by atoms with Gasteiger partial charge in [0.05, 0.1) is 11.6 Å². The van der Waals surface area contributed by atoms with Crippen molar-refractivity contribution in [3.8, 4) is 0 Å². The first-order valence-corrected chi connectivity index (χ1v) is 8.02. The highest BCUT2D eigenvalue weighted by atomic mass is 19.4. The molecule has 2 amide bonds. The molecule has 0 radical (unpaired) electrons. The third-order valence-corrected chi connectivity index (χ3v) is 4.13. The molecule has 1 aliphatic heterocycles. The predicted molar refractivity (Wildman–Crippen MR) is 85.6 cm³/mol. The Labute approximate surface area is 147 Å². The number of amides is 2. The molecule has 1 saturated heterocycles. The van der Waals surface area contributed by atoms with E-state index in [1.54, 1.807) is 18.5 Å². The smallest absolute Gasteiger partial charge is 0.349 e. The predicted octanol–water partition coefficient (Wildman–Crippen LogP) is 1.82. The van der Waals surface area contributed by atoms with Crippen LogP contribution >= 0.6 is 0 Å². The second-order valence-electron chi connectivity index (χ2n) is 6.10. The van der Waals surface area contributed by atoms with Gasteiger partial charge in [-0.2, -0.15) is 18.3 Å². The van der Waals surface area contributed by atoms with Crippen LogP contribution in [0.5, 0.6) is 0 Å². The van der Waals surface area contributed by atoms with Crippen molar-refractivity contribution in [2.45, 2.75) is 31.7 Å². The van der Waals surface area contributed by atoms with Gasteiger partial charge in [0.2, 0.25) is 11.8 Å². The molecule has 1 aliphatic rings. The highest BCUT2D eigenvalue weighted by molar-refractivity contribution is 5.82. The minimum Gasteiger partial charge on any atom is -0.349 e. The van der Waals surface area contributed by atoms with E-state index in [2.05, 4.69) is 10.4 Å². The maximum Gasteiger partial charge on any atom is 0.416 e. The van der Waals surface area contributed by atoms with Crippen LogP contribution < -0.4 is 5.32 Å². The lowest BCUT2D eigenvalue weighted by molar-refractivity contribution is -0.139. The molecule has 3 rings (SSSR count). The summed E-state index contributed by atoms with van der Waals surface area (Å²) >= 11 is 0. The molecule has 0 spiro atoms. The highest BCUT2D eigenvalue weighted by Crippen LogP contribution is 2.32. The fraction of sp³-hybridized carbons (Fsp3) is 0.353. The average Bonchev–Trinajstić information content (AvgIpc) is 3.17. The SMILES string of the molecule is O=C(Cn1cccn1)N[C@H]1CC(=O)N(Cc2ccccc2C(F)(F)F)C1. The van der Waals surface area contributed by atoms with E-state index >= 15 is 0 Å². The molecule has 0 unspecified atom stereocenters. The summed E-state index contributed by atoms with van der Waals surface area (Å²) in [6, 6.07) is 6.44. The lowest BCUT2D eigenvalue weighted by Gasteiger charge is -2.20. The number of likely N-dealkylation sites (tertiary alicyclic amines) is 1. The lowest BCUT2D eigenvalue weighted by Crippen LogP contribution is -2.39. The summed E-state index contributed by atoms with van der Waals surface area (Å²) in [5, 5.41) is 6.64. The topological polar surface area (TPSA) is 67.2 Å². The molecule has 1 fully saturated rings. The van der Waals surface area contributed by atoms with Gasteiger partial charge in [0, 0.05) is 31.9 Å². The van der Waals surface area contributed by atoms with E-state index in [9.17, 15) is 22.8 Å². The molecule has 1 N–H and O–H groups in total. The summed E-state index contributed by atoms with van der Waals surface area (Å²) in [4.78, 5) is 25.4. The summed E-state index contributed by atoms with van der Waals surface area (Å²) in [5.74, 6) is -0.588. The Balaban J connectivity index is 1.61. The van der Waals surface area contributed by atoms with Crippen LogP contribution in [0.4, 0.5) is 13.2 Å².